The molecule has 2 aliphatic rings. The van der Waals surface area contributed by atoms with Gasteiger partial charge in [-0.25, -0.2) is 9.18 Å². The topological polar surface area (TPSA) is 88.1 Å². The van der Waals surface area contributed by atoms with Gasteiger partial charge in [0.1, 0.15) is 17.2 Å². The maximum absolute atomic E-state index is 14.8. The molecule has 0 bridgehead atoms. The number of halogens is 2. The molecule has 0 spiro atoms. The quantitative estimate of drug-likeness (QED) is 0.481. The first-order valence-electron chi connectivity index (χ1n) is 12.1. The lowest BCUT2D eigenvalue weighted by Crippen LogP contribution is -2.46. The Morgan fingerprint density at radius 1 is 1.37 bits per heavy atom. The highest BCUT2D eigenvalue weighted by atomic mass is 35.5. The van der Waals surface area contributed by atoms with Gasteiger partial charge in [-0.1, -0.05) is 36.6 Å². The Hall–Kier alpha value is -2.85. The number of aliphatic hydroxyl groups excluding tert-OH is 1. The summed E-state index contributed by atoms with van der Waals surface area (Å²) in [7, 11) is 1.74. The zero-order chi connectivity index (χ0) is 25.4. The van der Waals surface area contributed by atoms with Gasteiger partial charge in [0.25, 0.3) is 0 Å². The van der Waals surface area contributed by atoms with Crippen LogP contribution in [-0.2, 0) is 34.8 Å². The first-order chi connectivity index (χ1) is 16.5. The SMILES string of the molecule is Cn1cc(Cl)c(CC2=C(O)CC(CCc3ccc(C(C)(C)C#N)c(F)c3)(C3CCCC3)OC2=O)n1. The standard InChI is InChI=1S/C27H31ClFN3O3/c1-26(2,16-30)20-9-8-17(12-22(20)29)10-11-27(18-6-4-5-7-18)14-24(33)19(25(34)35-27)13-23-21(28)15-32(3)31-23/h8-9,12,15,18,33H,4-7,10-11,13-14H2,1-3H3. The number of hydrogen-bond donors (Lipinski definition) is 1. The fourth-order valence-corrected chi connectivity index (χ4v) is 5.66. The second kappa shape index (κ2) is 9.66. The summed E-state index contributed by atoms with van der Waals surface area (Å²) in [5.41, 5.74) is 0.0663. The van der Waals surface area contributed by atoms with E-state index in [1.165, 1.54) is 6.07 Å². The van der Waals surface area contributed by atoms with Crippen molar-refractivity contribution in [3.8, 4) is 6.07 Å². The molecule has 4 rings (SSSR count). The molecule has 6 nitrogen and oxygen atoms in total. The van der Waals surface area contributed by atoms with Gasteiger partial charge < -0.3 is 9.84 Å². The molecule has 0 saturated heterocycles. The zero-order valence-electron chi connectivity index (χ0n) is 20.4. The first kappa shape index (κ1) is 25.2. The molecule has 1 aliphatic heterocycles. The number of nitriles is 1. The van der Waals surface area contributed by atoms with E-state index in [9.17, 15) is 19.6 Å². The van der Waals surface area contributed by atoms with Crippen molar-refractivity contribution < 1.29 is 19.0 Å². The summed E-state index contributed by atoms with van der Waals surface area (Å²) in [5, 5.41) is 25.1. The van der Waals surface area contributed by atoms with Crippen molar-refractivity contribution in [1.82, 2.24) is 9.78 Å². The van der Waals surface area contributed by atoms with Crippen LogP contribution in [0.2, 0.25) is 5.02 Å². The number of carbonyl (C=O) groups is 1. The van der Waals surface area contributed by atoms with Gasteiger partial charge in [0.15, 0.2) is 0 Å². The predicted octanol–water partition coefficient (Wildman–Crippen LogP) is 5.88. The average Bonchev–Trinajstić information content (AvgIpc) is 3.45. The minimum absolute atomic E-state index is 0.0205. The first-order valence-corrected chi connectivity index (χ1v) is 12.4. The lowest BCUT2D eigenvalue weighted by molar-refractivity contribution is -0.167. The van der Waals surface area contributed by atoms with Gasteiger partial charge in [0, 0.05) is 31.6 Å². The van der Waals surface area contributed by atoms with Gasteiger partial charge in [-0.15, -0.1) is 0 Å². The lowest BCUT2D eigenvalue weighted by atomic mass is 9.76. The number of aliphatic hydroxyl groups is 1. The number of aryl methyl sites for hydroxylation is 2. The van der Waals surface area contributed by atoms with E-state index in [0.29, 0.717) is 29.1 Å². The summed E-state index contributed by atoms with van der Waals surface area (Å²) in [6.07, 6.45) is 6.89. The van der Waals surface area contributed by atoms with E-state index in [-0.39, 0.29) is 30.1 Å². The third-order valence-electron chi connectivity index (χ3n) is 7.48. The Kier molecular flexibility index (Phi) is 6.97. The van der Waals surface area contributed by atoms with E-state index in [1.54, 1.807) is 37.8 Å². The summed E-state index contributed by atoms with van der Waals surface area (Å²) in [6.45, 7) is 3.37. The Labute approximate surface area is 210 Å². The number of benzene rings is 1. The minimum Gasteiger partial charge on any atom is -0.512 e. The lowest BCUT2D eigenvalue weighted by Gasteiger charge is -2.42. The van der Waals surface area contributed by atoms with E-state index in [1.807, 2.05) is 6.07 Å². The highest BCUT2D eigenvalue weighted by molar-refractivity contribution is 6.31. The van der Waals surface area contributed by atoms with Crippen LogP contribution >= 0.6 is 11.6 Å². The van der Waals surface area contributed by atoms with Crippen LogP contribution in [0.15, 0.2) is 35.7 Å². The molecule has 1 saturated carbocycles. The van der Waals surface area contributed by atoms with E-state index >= 15 is 0 Å². The fraction of sp³-hybridized carbons (Fsp3) is 0.519. The molecule has 1 fully saturated rings. The van der Waals surface area contributed by atoms with Crippen LogP contribution in [0.3, 0.4) is 0 Å². The molecule has 1 aromatic carbocycles. The molecule has 0 amide bonds. The minimum atomic E-state index is -0.921. The third-order valence-corrected chi connectivity index (χ3v) is 7.79. The average molecular weight is 500 g/mol. The van der Waals surface area contributed by atoms with Crippen LogP contribution in [0.1, 0.15) is 69.2 Å². The highest BCUT2D eigenvalue weighted by Gasteiger charge is 2.48. The van der Waals surface area contributed by atoms with E-state index in [0.717, 1.165) is 31.2 Å². The van der Waals surface area contributed by atoms with E-state index in [2.05, 4.69) is 11.2 Å². The van der Waals surface area contributed by atoms with Crippen LogP contribution in [-0.4, -0.2) is 26.5 Å². The molecular formula is C27H31ClFN3O3. The van der Waals surface area contributed by atoms with E-state index in [4.69, 9.17) is 16.3 Å². The predicted molar refractivity (Wildman–Crippen MR) is 130 cm³/mol. The van der Waals surface area contributed by atoms with Crippen molar-refractivity contribution in [1.29, 1.82) is 5.26 Å². The Morgan fingerprint density at radius 2 is 2.09 bits per heavy atom. The van der Waals surface area contributed by atoms with Gasteiger partial charge in [-0.3, -0.25) is 4.68 Å². The summed E-state index contributed by atoms with van der Waals surface area (Å²) in [4.78, 5) is 13.1. The second-order valence-electron chi connectivity index (χ2n) is 10.4. The van der Waals surface area contributed by atoms with E-state index < -0.39 is 22.8 Å². The van der Waals surface area contributed by atoms with Crippen molar-refractivity contribution in [2.75, 3.05) is 0 Å². The fourth-order valence-electron chi connectivity index (χ4n) is 5.42. The van der Waals surface area contributed by atoms with Gasteiger partial charge in [-0.2, -0.15) is 10.4 Å². The number of aromatic nitrogens is 2. The Morgan fingerprint density at radius 3 is 2.66 bits per heavy atom. The number of esters is 1. The molecule has 2 aromatic rings. The summed E-state index contributed by atoms with van der Waals surface area (Å²) in [5.74, 6) is -0.802. The van der Waals surface area contributed by atoms with Crippen LogP contribution in [0.4, 0.5) is 4.39 Å². The maximum Gasteiger partial charge on any atom is 0.338 e. The number of carbonyl (C=O) groups excluding carboxylic acids is 1. The smallest absolute Gasteiger partial charge is 0.338 e. The van der Waals surface area contributed by atoms with Gasteiger partial charge in [0.2, 0.25) is 0 Å². The van der Waals surface area contributed by atoms with Gasteiger partial charge in [-0.05, 0) is 57.1 Å². The molecule has 1 aliphatic carbocycles. The monoisotopic (exact) mass is 499 g/mol. The summed E-state index contributed by atoms with van der Waals surface area (Å²) in [6, 6.07) is 7.09. The molecule has 2 heterocycles. The molecule has 1 atom stereocenters. The van der Waals surface area contributed by atoms with Crippen LogP contribution < -0.4 is 0 Å². The molecule has 35 heavy (non-hydrogen) atoms. The van der Waals surface area contributed by atoms with Crippen molar-refractivity contribution in [2.24, 2.45) is 13.0 Å². The number of cyclic esters (lactones) is 1. The normalized spacial score (nSPS) is 21.3. The molecule has 186 valence electrons. The van der Waals surface area contributed by atoms with Crippen molar-refractivity contribution in [2.45, 2.75) is 76.2 Å². The van der Waals surface area contributed by atoms with Crippen LogP contribution in [0.25, 0.3) is 0 Å². The van der Waals surface area contributed by atoms with Crippen LogP contribution in [0, 0.1) is 23.1 Å². The van der Waals surface area contributed by atoms with Gasteiger partial charge >= 0.3 is 5.97 Å². The largest absolute Gasteiger partial charge is 0.512 e. The second-order valence-corrected chi connectivity index (χ2v) is 10.8. The molecule has 1 unspecified atom stereocenters. The van der Waals surface area contributed by atoms with Crippen molar-refractivity contribution >= 4 is 17.6 Å². The Balaban J connectivity index is 1.58. The molecular weight excluding hydrogens is 469 g/mol. The summed E-state index contributed by atoms with van der Waals surface area (Å²) < 4.78 is 22.5. The maximum atomic E-state index is 14.8. The van der Waals surface area contributed by atoms with Crippen molar-refractivity contribution in [3.05, 3.63) is 63.4 Å². The Bertz CT molecular complexity index is 1210. The number of nitrogens with zero attached hydrogens (tertiary/aromatic N) is 3. The summed E-state index contributed by atoms with van der Waals surface area (Å²) >= 11 is 6.21. The molecule has 1 aromatic heterocycles. The van der Waals surface area contributed by atoms with Gasteiger partial charge in [0.05, 0.1) is 27.8 Å². The molecule has 1 N–H and O–H groups in total. The number of hydrogen-bond acceptors (Lipinski definition) is 5. The number of rotatable bonds is 7. The third kappa shape index (κ3) is 5.08. The highest BCUT2D eigenvalue weighted by Crippen LogP contribution is 2.46. The molecule has 0 radical (unpaired) electrons. The zero-order valence-corrected chi connectivity index (χ0v) is 21.2. The molecule has 8 heteroatoms. The van der Waals surface area contributed by atoms with Crippen molar-refractivity contribution in [3.63, 3.8) is 0 Å². The number of ether oxygens (including phenoxy) is 1. The van der Waals surface area contributed by atoms with Crippen LogP contribution in [0.5, 0.6) is 0 Å².